The summed E-state index contributed by atoms with van der Waals surface area (Å²) >= 11 is 1.19. The van der Waals surface area contributed by atoms with Crippen molar-refractivity contribution in [3.63, 3.8) is 0 Å². The fourth-order valence-electron chi connectivity index (χ4n) is 2.32. The quantitative estimate of drug-likeness (QED) is 0.512. The molecule has 1 saturated carbocycles. The average Bonchev–Trinajstić information content (AvgIpc) is 3.37. The lowest BCUT2D eigenvalue weighted by atomic mass is 10.1. The maximum Gasteiger partial charge on any atom is 0.311 e. The highest BCUT2D eigenvalue weighted by atomic mass is 32.1. The minimum absolute atomic E-state index is 0.0238. The summed E-state index contributed by atoms with van der Waals surface area (Å²) in [5.74, 6) is -0.334. The zero-order chi connectivity index (χ0) is 18.8. The van der Waals surface area contributed by atoms with Crippen LogP contribution >= 0.6 is 11.3 Å². The molecule has 0 bridgehead atoms. The normalized spacial score (nSPS) is 13.2. The van der Waals surface area contributed by atoms with Gasteiger partial charge in [-0.25, -0.2) is 0 Å². The minimum Gasteiger partial charge on any atom is -0.483 e. The van der Waals surface area contributed by atoms with E-state index in [1.54, 1.807) is 18.5 Å². The molecule has 0 aliphatic heterocycles. The first kappa shape index (κ1) is 17.0. The molecule has 0 atom stereocenters. The molecule has 10 heteroatoms. The van der Waals surface area contributed by atoms with E-state index >= 15 is 0 Å². The Hall–Kier alpha value is -3.40. The van der Waals surface area contributed by atoms with Gasteiger partial charge in [-0.3, -0.25) is 25.2 Å². The van der Waals surface area contributed by atoms with Crippen molar-refractivity contribution in [2.45, 2.75) is 18.9 Å². The van der Waals surface area contributed by atoms with Gasteiger partial charge in [-0.15, -0.1) is 10.2 Å². The standard InChI is InChI=1S/C17H13N5O4S/c23-15(19-17-21-20-16(27-17)11-2-1-7-18-9-11)10-3-6-14(26-12-4-5-12)13(8-10)22(24)25/h1-3,6-9,12H,4-5H2,(H,19,21,23). The summed E-state index contributed by atoms with van der Waals surface area (Å²) in [6, 6.07) is 7.76. The Bertz CT molecular complexity index is 1000. The Kier molecular flexibility index (Phi) is 4.47. The summed E-state index contributed by atoms with van der Waals surface area (Å²) in [6.45, 7) is 0. The number of carbonyl (C=O) groups is 1. The monoisotopic (exact) mass is 383 g/mol. The second kappa shape index (κ2) is 7.08. The first-order valence-electron chi connectivity index (χ1n) is 8.10. The first-order valence-corrected chi connectivity index (χ1v) is 8.92. The van der Waals surface area contributed by atoms with Gasteiger partial charge in [-0.2, -0.15) is 0 Å². The molecule has 1 N–H and O–H groups in total. The van der Waals surface area contributed by atoms with E-state index in [1.807, 2.05) is 6.07 Å². The summed E-state index contributed by atoms with van der Waals surface area (Å²) in [4.78, 5) is 27.2. The van der Waals surface area contributed by atoms with Gasteiger partial charge in [-0.1, -0.05) is 11.3 Å². The SMILES string of the molecule is O=C(Nc1nnc(-c2cccnc2)s1)c1ccc(OC2CC2)c([N+](=O)[O-])c1. The van der Waals surface area contributed by atoms with Gasteiger partial charge >= 0.3 is 5.69 Å². The number of nitro groups is 1. The van der Waals surface area contributed by atoms with E-state index in [0.29, 0.717) is 10.1 Å². The predicted molar refractivity (Wildman–Crippen MR) is 97.8 cm³/mol. The van der Waals surface area contributed by atoms with Crippen molar-refractivity contribution in [2.75, 3.05) is 5.32 Å². The van der Waals surface area contributed by atoms with Crippen molar-refractivity contribution >= 4 is 28.1 Å². The lowest BCUT2D eigenvalue weighted by Crippen LogP contribution is -2.12. The maximum atomic E-state index is 12.4. The first-order chi connectivity index (χ1) is 13.1. The van der Waals surface area contributed by atoms with Crippen molar-refractivity contribution in [3.05, 3.63) is 58.4 Å². The van der Waals surface area contributed by atoms with E-state index < -0.39 is 10.8 Å². The zero-order valence-corrected chi connectivity index (χ0v) is 14.7. The number of nitrogens with zero attached hydrogens (tertiary/aromatic N) is 4. The number of benzene rings is 1. The van der Waals surface area contributed by atoms with Crippen molar-refractivity contribution in [2.24, 2.45) is 0 Å². The summed E-state index contributed by atoms with van der Waals surface area (Å²) in [7, 11) is 0. The summed E-state index contributed by atoms with van der Waals surface area (Å²) in [5, 5.41) is 22.7. The number of aromatic nitrogens is 3. The highest BCUT2D eigenvalue weighted by Crippen LogP contribution is 2.34. The van der Waals surface area contributed by atoms with Crippen LogP contribution in [0.2, 0.25) is 0 Å². The van der Waals surface area contributed by atoms with Crippen LogP contribution in [0.1, 0.15) is 23.2 Å². The van der Waals surface area contributed by atoms with Gasteiger partial charge in [0.2, 0.25) is 5.13 Å². The molecule has 0 saturated heterocycles. The molecule has 1 aliphatic rings. The molecule has 1 aromatic carbocycles. The van der Waals surface area contributed by atoms with Crippen molar-refractivity contribution in [3.8, 4) is 16.3 Å². The number of amides is 1. The van der Waals surface area contributed by atoms with Crippen LogP contribution in [-0.2, 0) is 0 Å². The Morgan fingerprint density at radius 2 is 2.15 bits per heavy atom. The molecular formula is C17H13N5O4S. The molecule has 0 unspecified atom stereocenters. The molecular weight excluding hydrogens is 370 g/mol. The third kappa shape index (κ3) is 3.90. The number of ether oxygens (including phenoxy) is 1. The number of pyridine rings is 1. The molecule has 3 aromatic rings. The molecule has 4 rings (SSSR count). The fourth-order valence-corrected chi connectivity index (χ4v) is 3.04. The van der Waals surface area contributed by atoms with Gasteiger partial charge in [0.05, 0.1) is 11.0 Å². The zero-order valence-electron chi connectivity index (χ0n) is 13.9. The molecule has 1 aliphatic carbocycles. The molecule has 1 fully saturated rings. The summed E-state index contributed by atoms with van der Waals surface area (Å²) in [5.41, 5.74) is 0.693. The van der Waals surface area contributed by atoms with E-state index in [2.05, 4.69) is 20.5 Å². The van der Waals surface area contributed by atoms with Gasteiger partial charge in [0, 0.05) is 29.6 Å². The number of nitro benzene ring substituents is 1. The van der Waals surface area contributed by atoms with Crippen molar-refractivity contribution < 1.29 is 14.5 Å². The lowest BCUT2D eigenvalue weighted by molar-refractivity contribution is -0.386. The van der Waals surface area contributed by atoms with Crippen LogP contribution in [0.5, 0.6) is 5.75 Å². The van der Waals surface area contributed by atoms with E-state index in [4.69, 9.17) is 4.74 Å². The van der Waals surface area contributed by atoms with Crippen molar-refractivity contribution in [1.82, 2.24) is 15.2 Å². The third-order valence-electron chi connectivity index (χ3n) is 3.79. The van der Waals surface area contributed by atoms with Gasteiger partial charge in [0.15, 0.2) is 10.8 Å². The van der Waals surface area contributed by atoms with Crippen molar-refractivity contribution in [1.29, 1.82) is 0 Å². The molecule has 1 amide bonds. The van der Waals surface area contributed by atoms with Crippen LogP contribution in [0.4, 0.5) is 10.8 Å². The summed E-state index contributed by atoms with van der Waals surface area (Å²) < 4.78 is 5.52. The van der Waals surface area contributed by atoms with Gasteiger partial charge in [0.25, 0.3) is 5.91 Å². The van der Waals surface area contributed by atoms with Crippen LogP contribution in [0.15, 0.2) is 42.7 Å². The molecule has 136 valence electrons. The van der Waals surface area contributed by atoms with Crippen LogP contribution in [-0.4, -0.2) is 32.1 Å². The second-order valence-electron chi connectivity index (χ2n) is 5.87. The van der Waals surface area contributed by atoms with Gasteiger partial charge in [0.1, 0.15) is 0 Å². The van der Waals surface area contributed by atoms with Crippen LogP contribution in [0.3, 0.4) is 0 Å². The molecule has 0 radical (unpaired) electrons. The smallest absolute Gasteiger partial charge is 0.311 e. The lowest BCUT2D eigenvalue weighted by Gasteiger charge is -2.07. The number of nitrogens with one attached hydrogen (secondary N) is 1. The maximum absolute atomic E-state index is 12.4. The minimum atomic E-state index is -0.556. The van der Waals surface area contributed by atoms with Crippen LogP contribution < -0.4 is 10.1 Å². The Morgan fingerprint density at radius 1 is 1.30 bits per heavy atom. The Morgan fingerprint density at radius 3 is 2.85 bits per heavy atom. The highest BCUT2D eigenvalue weighted by Gasteiger charge is 2.28. The van der Waals surface area contributed by atoms with E-state index in [1.165, 1.54) is 29.5 Å². The van der Waals surface area contributed by atoms with Crippen LogP contribution in [0, 0.1) is 10.1 Å². The highest BCUT2D eigenvalue weighted by molar-refractivity contribution is 7.18. The number of rotatable bonds is 6. The predicted octanol–water partition coefficient (Wildman–Crippen LogP) is 3.30. The molecule has 2 heterocycles. The number of carbonyl (C=O) groups excluding carboxylic acids is 1. The fraction of sp³-hybridized carbons (Fsp3) is 0.176. The molecule has 2 aromatic heterocycles. The molecule has 27 heavy (non-hydrogen) atoms. The topological polar surface area (TPSA) is 120 Å². The third-order valence-corrected chi connectivity index (χ3v) is 4.68. The second-order valence-corrected chi connectivity index (χ2v) is 6.84. The van der Waals surface area contributed by atoms with E-state index in [0.717, 1.165) is 18.4 Å². The van der Waals surface area contributed by atoms with E-state index in [9.17, 15) is 14.9 Å². The molecule has 0 spiro atoms. The van der Waals surface area contributed by atoms with Crippen LogP contribution in [0.25, 0.3) is 10.6 Å². The van der Waals surface area contributed by atoms with Gasteiger partial charge in [-0.05, 0) is 37.1 Å². The largest absolute Gasteiger partial charge is 0.483 e. The number of hydrogen-bond acceptors (Lipinski definition) is 8. The number of hydrogen-bond donors (Lipinski definition) is 1. The van der Waals surface area contributed by atoms with E-state index in [-0.39, 0.29) is 23.1 Å². The Balaban J connectivity index is 1.52. The Labute approximate surface area is 157 Å². The van der Waals surface area contributed by atoms with Gasteiger partial charge < -0.3 is 4.74 Å². The average molecular weight is 383 g/mol. The summed E-state index contributed by atoms with van der Waals surface area (Å²) in [6.07, 6.45) is 5.09. The number of anilines is 1. The molecule has 9 nitrogen and oxygen atoms in total.